The number of hydrogen-bond donors (Lipinski definition) is 2. The van der Waals surface area contributed by atoms with Gasteiger partial charge in [-0.2, -0.15) is 0 Å². The highest BCUT2D eigenvalue weighted by molar-refractivity contribution is 7.99. The van der Waals surface area contributed by atoms with Gasteiger partial charge in [0, 0.05) is 11.8 Å². The highest BCUT2D eigenvalue weighted by atomic mass is 32.2. The highest BCUT2D eigenvalue weighted by Crippen LogP contribution is 2.30. The Hall–Kier alpha value is -4.50. The number of carbonyl (C=O) groups excluding carboxylic acids is 1. The number of hydrogen-bond acceptors (Lipinski definition) is 6. The molecule has 38 heavy (non-hydrogen) atoms. The van der Waals surface area contributed by atoms with Crippen molar-refractivity contribution in [2.75, 3.05) is 25.3 Å². The number of aryl methyl sites for hydroxylation is 1. The quantitative estimate of drug-likeness (QED) is 0.206. The number of aromatic nitrogens is 3. The van der Waals surface area contributed by atoms with Crippen molar-refractivity contribution < 1.29 is 14.3 Å². The molecule has 0 atom stereocenters. The topological polar surface area (TPSA) is 98.2 Å². The zero-order valence-corrected chi connectivity index (χ0v) is 22.0. The lowest BCUT2D eigenvalue weighted by Gasteiger charge is -2.14. The first-order valence-corrected chi connectivity index (χ1v) is 12.9. The molecule has 0 saturated heterocycles. The van der Waals surface area contributed by atoms with E-state index in [0.717, 1.165) is 16.7 Å². The van der Waals surface area contributed by atoms with Crippen LogP contribution in [0.3, 0.4) is 0 Å². The Balaban J connectivity index is 1.54. The van der Waals surface area contributed by atoms with E-state index in [-0.39, 0.29) is 17.2 Å². The van der Waals surface area contributed by atoms with Gasteiger partial charge in [0.2, 0.25) is 5.91 Å². The van der Waals surface area contributed by atoms with Crippen LogP contribution in [-0.4, -0.2) is 40.4 Å². The van der Waals surface area contributed by atoms with Gasteiger partial charge < -0.3 is 19.8 Å². The molecule has 0 radical (unpaired) electrons. The normalized spacial score (nSPS) is 10.9. The molecular formula is C29H26N4O4S. The summed E-state index contributed by atoms with van der Waals surface area (Å²) in [7, 11) is 3.14. The second-order valence-electron chi connectivity index (χ2n) is 8.57. The minimum Gasteiger partial charge on any atom is -0.497 e. The fourth-order valence-corrected chi connectivity index (χ4v) is 4.97. The van der Waals surface area contributed by atoms with Gasteiger partial charge >= 0.3 is 0 Å². The Morgan fingerprint density at radius 3 is 2.50 bits per heavy atom. The zero-order chi connectivity index (χ0) is 26.6. The number of nitrogens with one attached hydrogen (secondary N) is 2. The van der Waals surface area contributed by atoms with Gasteiger partial charge in [-0.3, -0.25) is 14.2 Å². The fraction of sp³-hybridized carbons (Fsp3) is 0.138. The molecule has 0 spiro atoms. The maximum absolute atomic E-state index is 13.7. The van der Waals surface area contributed by atoms with Crippen LogP contribution >= 0.6 is 11.8 Å². The lowest BCUT2D eigenvalue weighted by atomic mass is 10.1. The Labute approximate surface area is 223 Å². The summed E-state index contributed by atoms with van der Waals surface area (Å²) in [4.78, 5) is 34.7. The Kier molecular flexibility index (Phi) is 7.19. The first-order chi connectivity index (χ1) is 18.5. The summed E-state index contributed by atoms with van der Waals surface area (Å²) in [5, 5.41) is 3.31. The molecule has 0 bridgehead atoms. The van der Waals surface area contributed by atoms with Crippen LogP contribution in [-0.2, 0) is 4.79 Å². The van der Waals surface area contributed by atoms with Crippen molar-refractivity contribution in [2.45, 2.75) is 12.1 Å². The Morgan fingerprint density at radius 1 is 1.03 bits per heavy atom. The number of rotatable bonds is 8. The molecule has 2 N–H and O–H groups in total. The first-order valence-electron chi connectivity index (χ1n) is 11.9. The lowest BCUT2D eigenvalue weighted by Crippen LogP contribution is -2.23. The van der Waals surface area contributed by atoms with E-state index in [1.165, 1.54) is 16.3 Å². The standard InChI is InChI=1S/C29H26N4O4S/c1-18-9-14-24(37-3)23(15-18)31-25(34)17-38-29-32-26-22(19-7-5-4-6-8-19)16-30-27(26)28(35)33(29)20-10-12-21(36-2)13-11-20/h4-16,30H,17H2,1-3H3,(H,31,34). The summed E-state index contributed by atoms with van der Waals surface area (Å²) in [6, 6.07) is 22.5. The molecule has 2 heterocycles. The number of aromatic amines is 1. The van der Waals surface area contributed by atoms with Gasteiger partial charge in [-0.05, 0) is 54.4 Å². The molecule has 0 unspecified atom stereocenters. The molecule has 0 aliphatic heterocycles. The molecule has 2 aromatic heterocycles. The number of carbonyl (C=O) groups is 1. The van der Waals surface area contributed by atoms with Crippen LogP contribution in [0.15, 0.2) is 88.9 Å². The average molecular weight is 527 g/mol. The first kappa shape index (κ1) is 25.2. The average Bonchev–Trinajstić information content (AvgIpc) is 3.37. The van der Waals surface area contributed by atoms with Crippen LogP contribution in [0.4, 0.5) is 5.69 Å². The molecule has 0 aliphatic rings. The van der Waals surface area contributed by atoms with Crippen molar-refractivity contribution in [3.05, 3.63) is 94.9 Å². The monoisotopic (exact) mass is 526 g/mol. The van der Waals surface area contributed by atoms with Crippen molar-refractivity contribution >= 4 is 34.4 Å². The molecule has 3 aromatic carbocycles. The van der Waals surface area contributed by atoms with Crippen molar-refractivity contribution in [1.82, 2.24) is 14.5 Å². The molecule has 0 saturated carbocycles. The van der Waals surface area contributed by atoms with Gasteiger partial charge in [-0.1, -0.05) is 48.2 Å². The van der Waals surface area contributed by atoms with E-state index in [1.807, 2.05) is 55.5 Å². The predicted molar refractivity (Wildman–Crippen MR) is 151 cm³/mol. The van der Waals surface area contributed by atoms with Gasteiger partial charge in [-0.15, -0.1) is 0 Å². The van der Waals surface area contributed by atoms with Crippen molar-refractivity contribution in [3.8, 4) is 28.3 Å². The van der Waals surface area contributed by atoms with E-state index in [1.54, 1.807) is 44.7 Å². The summed E-state index contributed by atoms with van der Waals surface area (Å²) >= 11 is 1.19. The highest BCUT2D eigenvalue weighted by Gasteiger charge is 2.19. The van der Waals surface area contributed by atoms with E-state index in [2.05, 4.69) is 10.3 Å². The summed E-state index contributed by atoms with van der Waals surface area (Å²) in [5.41, 5.74) is 4.63. The smallest absolute Gasteiger partial charge is 0.283 e. The van der Waals surface area contributed by atoms with E-state index in [9.17, 15) is 9.59 Å². The van der Waals surface area contributed by atoms with Gasteiger partial charge in [-0.25, -0.2) is 4.98 Å². The summed E-state index contributed by atoms with van der Waals surface area (Å²) in [5.74, 6) is 1.04. The maximum Gasteiger partial charge on any atom is 0.283 e. The number of thioether (sulfide) groups is 1. The third kappa shape index (κ3) is 5.01. The van der Waals surface area contributed by atoms with Gasteiger partial charge in [0.05, 0.1) is 31.3 Å². The third-order valence-corrected chi connectivity index (χ3v) is 6.98. The van der Waals surface area contributed by atoms with Crippen molar-refractivity contribution in [2.24, 2.45) is 0 Å². The van der Waals surface area contributed by atoms with E-state index in [4.69, 9.17) is 14.5 Å². The zero-order valence-electron chi connectivity index (χ0n) is 21.1. The molecule has 192 valence electrons. The van der Waals surface area contributed by atoms with E-state index < -0.39 is 0 Å². The van der Waals surface area contributed by atoms with Crippen LogP contribution in [0.5, 0.6) is 11.5 Å². The van der Waals surface area contributed by atoms with Crippen LogP contribution in [0, 0.1) is 6.92 Å². The van der Waals surface area contributed by atoms with Crippen molar-refractivity contribution in [3.63, 3.8) is 0 Å². The second kappa shape index (κ2) is 10.9. The number of benzene rings is 3. The number of methoxy groups -OCH3 is 2. The summed E-state index contributed by atoms with van der Waals surface area (Å²) in [6.45, 7) is 1.94. The number of ether oxygens (including phenoxy) is 2. The van der Waals surface area contributed by atoms with Crippen LogP contribution in [0.2, 0.25) is 0 Å². The largest absolute Gasteiger partial charge is 0.497 e. The number of nitrogens with zero attached hydrogens (tertiary/aromatic N) is 2. The second-order valence-corrected chi connectivity index (χ2v) is 9.51. The lowest BCUT2D eigenvalue weighted by molar-refractivity contribution is -0.113. The predicted octanol–water partition coefficient (Wildman–Crippen LogP) is 5.44. The minimum atomic E-state index is -0.259. The van der Waals surface area contributed by atoms with Crippen molar-refractivity contribution in [1.29, 1.82) is 0 Å². The molecule has 1 amide bonds. The van der Waals surface area contributed by atoms with Gasteiger partial charge in [0.1, 0.15) is 22.5 Å². The van der Waals surface area contributed by atoms with Crippen LogP contribution in [0.1, 0.15) is 5.56 Å². The Bertz CT molecular complexity index is 1660. The van der Waals surface area contributed by atoms with Gasteiger partial charge in [0.25, 0.3) is 5.56 Å². The number of anilines is 1. The molecular weight excluding hydrogens is 500 g/mol. The molecule has 0 fully saturated rings. The molecule has 0 aliphatic carbocycles. The molecule has 5 aromatic rings. The number of amides is 1. The SMILES string of the molecule is COc1ccc(-n2c(SCC(=O)Nc3cc(C)ccc3OC)nc3c(-c4ccccc4)c[nH]c3c2=O)cc1. The van der Waals surface area contributed by atoms with E-state index in [0.29, 0.717) is 39.1 Å². The number of fused-ring (bicyclic) bond motifs is 1. The van der Waals surface area contributed by atoms with Crippen LogP contribution in [0.25, 0.3) is 27.8 Å². The van der Waals surface area contributed by atoms with E-state index >= 15 is 0 Å². The Morgan fingerprint density at radius 2 is 1.79 bits per heavy atom. The molecule has 8 nitrogen and oxygen atoms in total. The summed E-state index contributed by atoms with van der Waals surface area (Å²) in [6.07, 6.45) is 1.79. The minimum absolute atomic E-state index is 0.0380. The maximum atomic E-state index is 13.7. The van der Waals surface area contributed by atoms with Gasteiger partial charge in [0.15, 0.2) is 5.16 Å². The summed E-state index contributed by atoms with van der Waals surface area (Å²) < 4.78 is 12.2. The molecule has 9 heteroatoms. The van der Waals surface area contributed by atoms with Crippen LogP contribution < -0.4 is 20.3 Å². The third-order valence-electron chi connectivity index (χ3n) is 6.05. The number of H-pyrrole nitrogens is 1. The molecule has 5 rings (SSSR count). The fourth-order valence-electron chi connectivity index (χ4n) is 4.17.